The molecule has 14 heavy (non-hydrogen) atoms. The zero-order chi connectivity index (χ0) is 10.4. The Morgan fingerprint density at radius 2 is 2.14 bits per heavy atom. The third-order valence-electron chi connectivity index (χ3n) is 1.78. The summed E-state index contributed by atoms with van der Waals surface area (Å²) in [6.45, 7) is 3.94. The van der Waals surface area contributed by atoms with Gasteiger partial charge in [-0.15, -0.1) is 0 Å². The molecule has 1 aromatic rings. The summed E-state index contributed by atoms with van der Waals surface area (Å²) in [5.74, 6) is 0.509. The van der Waals surface area contributed by atoms with E-state index in [9.17, 15) is 0 Å². The molecule has 1 aromatic heterocycles. The van der Waals surface area contributed by atoms with Crippen LogP contribution in [0.4, 0.5) is 0 Å². The van der Waals surface area contributed by atoms with Gasteiger partial charge in [0.2, 0.25) is 5.88 Å². The molecule has 0 unspecified atom stereocenters. The van der Waals surface area contributed by atoms with E-state index in [0.717, 1.165) is 10.6 Å². The first kappa shape index (κ1) is 10.9. The Kier molecular flexibility index (Phi) is 4.26. The molecule has 0 saturated carbocycles. The van der Waals surface area contributed by atoms with Gasteiger partial charge >= 0.3 is 0 Å². The van der Waals surface area contributed by atoms with Gasteiger partial charge in [0.25, 0.3) is 0 Å². The number of hydrogen-bond donors (Lipinski definition) is 1. The molecule has 1 rings (SSSR count). The lowest BCUT2D eigenvalue weighted by atomic mass is 10.3. The maximum atomic E-state index is 4.76. The van der Waals surface area contributed by atoms with E-state index < -0.39 is 0 Å². The van der Waals surface area contributed by atoms with Crippen molar-refractivity contribution in [1.82, 2.24) is 4.98 Å². The Morgan fingerprint density at radius 1 is 1.36 bits per heavy atom. The molecular weight excluding hydrogens is 194 g/mol. The number of allylic oxidation sites excluding steroid dienone is 2. The molecule has 3 heteroatoms. The number of nitrogens with zero attached hydrogens (tertiary/aromatic N) is 1. The van der Waals surface area contributed by atoms with Crippen LogP contribution in [0.1, 0.15) is 13.8 Å². The molecule has 0 aliphatic rings. The van der Waals surface area contributed by atoms with Gasteiger partial charge in [0.1, 0.15) is 0 Å². The third-order valence-corrected chi connectivity index (χ3v) is 1.97. The van der Waals surface area contributed by atoms with Crippen LogP contribution >= 0.6 is 12.9 Å². The highest BCUT2D eigenvalue weighted by Gasteiger charge is 1.91. The first-order valence-electron chi connectivity index (χ1n) is 4.39. The molecule has 0 saturated heterocycles. The van der Waals surface area contributed by atoms with Crippen molar-refractivity contribution in [3.8, 4) is 5.88 Å². The van der Waals surface area contributed by atoms with E-state index in [2.05, 4.69) is 17.9 Å². The van der Waals surface area contributed by atoms with Crippen LogP contribution in [0.5, 0.6) is 5.88 Å². The van der Waals surface area contributed by atoms with Crippen LogP contribution < -0.4 is 14.8 Å². The Labute approximate surface area is 89.2 Å². The summed E-state index contributed by atoms with van der Waals surface area (Å²) in [7, 11) is 0. The molecule has 2 nitrogen and oxygen atoms in total. The summed E-state index contributed by atoms with van der Waals surface area (Å²) in [5.41, 5.74) is 0. The predicted octanol–water partition coefficient (Wildman–Crippen LogP) is 1.46. The topological polar surface area (TPSA) is 22.1 Å². The first-order chi connectivity index (χ1) is 6.81. The number of rotatable bonds is 2. The van der Waals surface area contributed by atoms with Crippen LogP contribution in [-0.2, 0) is 0 Å². The average molecular weight is 207 g/mol. The van der Waals surface area contributed by atoms with Gasteiger partial charge in [0, 0.05) is 19.0 Å². The average Bonchev–Trinajstić information content (AvgIpc) is 2.25. The summed E-state index contributed by atoms with van der Waals surface area (Å²) < 4.78 is 4.76. The van der Waals surface area contributed by atoms with Crippen molar-refractivity contribution in [2.24, 2.45) is 0 Å². The Morgan fingerprint density at radius 3 is 2.71 bits per heavy atom. The second-order valence-corrected chi connectivity index (χ2v) is 2.88. The van der Waals surface area contributed by atoms with Crippen molar-refractivity contribution in [3.63, 3.8) is 0 Å². The molecule has 0 bridgehead atoms. The van der Waals surface area contributed by atoms with E-state index in [1.807, 2.05) is 44.2 Å². The fourth-order valence-corrected chi connectivity index (χ4v) is 1.18. The number of aromatic nitrogens is 1. The SMILES string of the molecule is C\C=C/C=c1/nc(OS)cc/c1=C/C. The molecule has 0 N–H and O–H groups in total. The molecule has 0 aromatic carbocycles. The monoisotopic (exact) mass is 207 g/mol. The van der Waals surface area contributed by atoms with Crippen LogP contribution in [0, 0.1) is 0 Å². The third kappa shape index (κ3) is 2.64. The van der Waals surface area contributed by atoms with Crippen molar-refractivity contribution in [2.75, 3.05) is 0 Å². The Bertz CT molecular complexity index is 437. The highest BCUT2D eigenvalue weighted by molar-refractivity contribution is 7.75. The van der Waals surface area contributed by atoms with Crippen molar-refractivity contribution < 1.29 is 4.18 Å². The minimum Gasteiger partial charge on any atom is -0.409 e. The summed E-state index contributed by atoms with van der Waals surface area (Å²) in [6.07, 6.45) is 7.84. The van der Waals surface area contributed by atoms with Gasteiger partial charge in [0.05, 0.1) is 5.35 Å². The van der Waals surface area contributed by atoms with E-state index in [-0.39, 0.29) is 0 Å². The molecule has 0 fully saturated rings. The molecule has 1 heterocycles. The number of pyridine rings is 1. The Balaban J connectivity index is 3.37. The molecule has 0 aliphatic heterocycles. The van der Waals surface area contributed by atoms with Crippen LogP contribution in [-0.4, -0.2) is 4.98 Å². The van der Waals surface area contributed by atoms with E-state index in [4.69, 9.17) is 4.18 Å². The smallest absolute Gasteiger partial charge is 0.228 e. The lowest BCUT2D eigenvalue weighted by molar-refractivity contribution is 0.624. The minimum absolute atomic E-state index is 0.509. The summed E-state index contributed by atoms with van der Waals surface area (Å²) in [4.78, 5) is 4.26. The van der Waals surface area contributed by atoms with Crippen LogP contribution in [0.15, 0.2) is 24.3 Å². The summed E-state index contributed by atoms with van der Waals surface area (Å²) in [6, 6.07) is 3.74. The summed E-state index contributed by atoms with van der Waals surface area (Å²) in [5, 5.41) is 1.97. The van der Waals surface area contributed by atoms with Gasteiger partial charge in [-0.25, -0.2) is 4.98 Å². The maximum absolute atomic E-state index is 4.76. The molecule has 0 radical (unpaired) electrons. The lowest BCUT2D eigenvalue weighted by Gasteiger charge is -1.95. The van der Waals surface area contributed by atoms with Crippen molar-refractivity contribution >= 4 is 25.1 Å². The molecule has 74 valence electrons. The first-order valence-corrected chi connectivity index (χ1v) is 4.76. The van der Waals surface area contributed by atoms with Crippen LogP contribution in [0.3, 0.4) is 0 Å². The van der Waals surface area contributed by atoms with Gasteiger partial charge < -0.3 is 4.18 Å². The van der Waals surface area contributed by atoms with Gasteiger partial charge in [-0.3, -0.25) is 0 Å². The highest BCUT2D eigenvalue weighted by Crippen LogP contribution is 2.00. The molecule has 0 amide bonds. The van der Waals surface area contributed by atoms with Crippen LogP contribution in [0.25, 0.3) is 12.2 Å². The Hall–Kier alpha value is -1.22. The molecular formula is C11H13NOS. The summed E-state index contributed by atoms with van der Waals surface area (Å²) >= 11 is 3.71. The highest BCUT2D eigenvalue weighted by atomic mass is 32.1. The van der Waals surface area contributed by atoms with Gasteiger partial charge in [-0.2, -0.15) is 0 Å². The number of thiol groups is 1. The standard InChI is InChI=1S/C11H13NOS/c1-3-5-6-10-9(4-2)7-8-11(12-10)13-14/h3-8,14H,1-2H3/b5-3-,9-4-,10-6+. The zero-order valence-corrected chi connectivity index (χ0v) is 9.16. The minimum atomic E-state index is 0.509. The van der Waals surface area contributed by atoms with E-state index in [0.29, 0.717) is 5.88 Å². The van der Waals surface area contributed by atoms with Gasteiger partial charge in [-0.1, -0.05) is 18.2 Å². The second-order valence-electron chi connectivity index (χ2n) is 2.70. The van der Waals surface area contributed by atoms with E-state index in [1.54, 1.807) is 6.07 Å². The fourth-order valence-electron chi connectivity index (χ4n) is 1.08. The van der Waals surface area contributed by atoms with Crippen LogP contribution in [0.2, 0.25) is 0 Å². The van der Waals surface area contributed by atoms with Crippen molar-refractivity contribution in [3.05, 3.63) is 34.9 Å². The zero-order valence-electron chi connectivity index (χ0n) is 8.27. The maximum Gasteiger partial charge on any atom is 0.228 e. The lowest BCUT2D eigenvalue weighted by Crippen LogP contribution is -2.27. The fraction of sp³-hybridized carbons (Fsp3) is 0.182. The van der Waals surface area contributed by atoms with Crippen molar-refractivity contribution in [2.45, 2.75) is 13.8 Å². The van der Waals surface area contributed by atoms with Gasteiger partial charge in [0.15, 0.2) is 0 Å². The van der Waals surface area contributed by atoms with Gasteiger partial charge in [-0.05, 0) is 31.2 Å². The van der Waals surface area contributed by atoms with E-state index >= 15 is 0 Å². The second kappa shape index (κ2) is 5.50. The molecule has 0 atom stereocenters. The van der Waals surface area contributed by atoms with E-state index in [1.165, 1.54) is 0 Å². The molecule has 0 spiro atoms. The van der Waals surface area contributed by atoms with Crippen molar-refractivity contribution in [1.29, 1.82) is 0 Å². The normalized spacial score (nSPS) is 13.9. The molecule has 0 aliphatic carbocycles. The quantitative estimate of drug-likeness (QED) is 0.586. The predicted molar refractivity (Wildman–Crippen MR) is 62.5 cm³/mol. The largest absolute Gasteiger partial charge is 0.409 e. The number of hydrogen-bond acceptors (Lipinski definition) is 3.